The minimum Gasteiger partial charge on any atom is -0.399 e. The predicted molar refractivity (Wildman–Crippen MR) is 63.1 cm³/mol. The molecule has 1 saturated heterocycles. The maximum Gasteiger partial charge on any atom is 0.0965 e. The highest BCUT2D eigenvalue weighted by Gasteiger charge is 2.25. The average molecular weight is 223 g/mol. The number of halogens is 1. The van der Waals surface area contributed by atoms with Gasteiger partial charge in [-0.25, -0.2) is 0 Å². The molecule has 3 heteroatoms. The first kappa shape index (κ1) is 11.4. The lowest BCUT2D eigenvalue weighted by atomic mass is 9.82. The largest absolute Gasteiger partial charge is 0.399 e. The summed E-state index contributed by atoms with van der Waals surface area (Å²) in [6, 6.07) is 7.59. The second kappa shape index (κ2) is 5.30. The molecule has 0 saturated carbocycles. The summed E-state index contributed by atoms with van der Waals surface area (Å²) >= 11 is 0. The quantitative estimate of drug-likeness (QED) is 0.800. The van der Waals surface area contributed by atoms with E-state index in [0.717, 1.165) is 31.6 Å². The molecular formula is C13H18FNO. The minimum atomic E-state index is -0.311. The fourth-order valence-corrected chi connectivity index (χ4v) is 2.40. The minimum absolute atomic E-state index is 0.0209. The molecule has 1 aromatic rings. The van der Waals surface area contributed by atoms with Crippen molar-refractivity contribution in [2.24, 2.45) is 5.92 Å². The molecular weight excluding hydrogens is 205 g/mol. The van der Waals surface area contributed by atoms with Crippen LogP contribution in [0.25, 0.3) is 0 Å². The number of nitrogen functional groups attached to an aromatic ring is 1. The van der Waals surface area contributed by atoms with Gasteiger partial charge in [0.05, 0.1) is 6.67 Å². The van der Waals surface area contributed by atoms with Crippen LogP contribution in [-0.4, -0.2) is 19.9 Å². The topological polar surface area (TPSA) is 35.2 Å². The zero-order chi connectivity index (χ0) is 11.4. The van der Waals surface area contributed by atoms with Crippen LogP contribution >= 0.6 is 0 Å². The summed E-state index contributed by atoms with van der Waals surface area (Å²) in [5.74, 6) is 0.368. The predicted octanol–water partition coefficient (Wildman–Crippen LogP) is 2.75. The number of nitrogens with two attached hydrogens (primary N) is 1. The van der Waals surface area contributed by atoms with Gasteiger partial charge in [-0.05, 0) is 36.5 Å². The average Bonchev–Trinajstić information content (AvgIpc) is 2.31. The first-order valence-corrected chi connectivity index (χ1v) is 5.80. The normalized spacial score (nSPS) is 19.6. The number of hydrogen-bond acceptors (Lipinski definition) is 2. The van der Waals surface area contributed by atoms with Crippen molar-refractivity contribution in [2.45, 2.75) is 18.8 Å². The lowest BCUT2D eigenvalue weighted by Gasteiger charge is -2.28. The molecule has 88 valence electrons. The van der Waals surface area contributed by atoms with Crippen LogP contribution in [0, 0.1) is 5.92 Å². The van der Waals surface area contributed by atoms with Crippen LogP contribution in [-0.2, 0) is 4.74 Å². The smallest absolute Gasteiger partial charge is 0.0965 e. The van der Waals surface area contributed by atoms with Gasteiger partial charge < -0.3 is 10.5 Å². The van der Waals surface area contributed by atoms with E-state index in [-0.39, 0.29) is 12.6 Å². The Bertz CT molecular complexity index is 336. The molecule has 1 unspecified atom stereocenters. The fraction of sp³-hybridized carbons (Fsp3) is 0.538. The third-order valence-corrected chi connectivity index (χ3v) is 3.34. The molecule has 1 aliphatic rings. The van der Waals surface area contributed by atoms with Gasteiger partial charge in [0, 0.05) is 24.8 Å². The number of ether oxygens (including phenoxy) is 1. The van der Waals surface area contributed by atoms with Crippen LogP contribution in [0.4, 0.5) is 10.1 Å². The highest BCUT2D eigenvalue weighted by atomic mass is 19.1. The van der Waals surface area contributed by atoms with Crippen molar-refractivity contribution in [1.82, 2.24) is 0 Å². The van der Waals surface area contributed by atoms with E-state index in [0.29, 0.717) is 11.6 Å². The molecule has 0 radical (unpaired) electrons. The van der Waals surface area contributed by atoms with Gasteiger partial charge >= 0.3 is 0 Å². The highest BCUT2D eigenvalue weighted by molar-refractivity contribution is 5.42. The summed E-state index contributed by atoms with van der Waals surface area (Å²) < 4.78 is 18.5. The van der Waals surface area contributed by atoms with Crippen LogP contribution in [0.15, 0.2) is 24.3 Å². The van der Waals surface area contributed by atoms with Crippen LogP contribution in [0.3, 0.4) is 0 Å². The van der Waals surface area contributed by atoms with E-state index < -0.39 is 0 Å². The lowest BCUT2D eigenvalue weighted by Crippen LogP contribution is -2.23. The Morgan fingerprint density at radius 2 is 2.12 bits per heavy atom. The Morgan fingerprint density at radius 3 is 2.75 bits per heavy atom. The summed E-state index contributed by atoms with van der Waals surface area (Å²) in [6.07, 6.45) is 1.90. The SMILES string of the molecule is Nc1cccc(C(CF)C2CCOCC2)c1. The van der Waals surface area contributed by atoms with E-state index >= 15 is 0 Å². The Kier molecular flexibility index (Phi) is 3.78. The molecule has 1 heterocycles. The summed E-state index contributed by atoms with van der Waals surface area (Å²) in [5.41, 5.74) is 7.47. The molecule has 1 aromatic carbocycles. The first-order chi connectivity index (χ1) is 7.81. The zero-order valence-electron chi connectivity index (χ0n) is 9.36. The number of alkyl halides is 1. The number of anilines is 1. The van der Waals surface area contributed by atoms with E-state index in [1.165, 1.54) is 0 Å². The second-order valence-corrected chi connectivity index (χ2v) is 4.38. The monoisotopic (exact) mass is 223 g/mol. The van der Waals surface area contributed by atoms with Crippen LogP contribution in [0.5, 0.6) is 0 Å². The standard InChI is InChI=1S/C13H18FNO/c14-9-13(10-4-6-16-7-5-10)11-2-1-3-12(15)8-11/h1-3,8,10,13H,4-7,9,15H2. The molecule has 1 fully saturated rings. The van der Waals surface area contributed by atoms with Crippen molar-refractivity contribution in [2.75, 3.05) is 25.6 Å². The number of benzene rings is 1. The lowest BCUT2D eigenvalue weighted by molar-refractivity contribution is 0.0547. The number of hydrogen-bond donors (Lipinski definition) is 1. The van der Waals surface area contributed by atoms with Gasteiger partial charge in [0.25, 0.3) is 0 Å². The summed E-state index contributed by atoms with van der Waals surface area (Å²) in [6.45, 7) is 1.20. The van der Waals surface area contributed by atoms with E-state index in [4.69, 9.17) is 10.5 Å². The maximum absolute atomic E-state index is 13.2. The highest BCUT2D eigenvalue weighted by Crippen LogP contribution is 2.33. The van der Waals surface area contributed by atoms with Gasteiger partial charge in [-0.15, -0.1) is 0 Å². The third-order valence-electron chi connectivity index (χ3n) is 3.34. The molecule has 16 heavy (non-hydrogen) atoms. The van der Waals surface area contributed by atoms with Gasteiger partial charge in [0.15, 0.2) is 0 Å². The Morgan fingerprint density at radius 1 is 1.38 bits per heavy atom. The summed E-state index contributed by atoms with van der Waals surface area (Å²) in [7, 11) is 0. The molecule has 0 spiro atoms. The van der Waals surface area contributed by atoms with E-state index in [2.05, 4.69) is 0 Å². The van der Waals surface area contributed by atoms with Crippen molar-refractivity contribution >= 4 is 5.69 Å². The molecule has 1 aliphatic heterocycles. The molecule has 2 nitrogen and oxygen atoms in total. The molecule has 0 bridgehead atoms. The van der Waals surface area contributed by atoms with Gasteiger partial charge in [-0.1, -0.05) is 12.1 Å². The van der Waals surface area contributed by atoms with Crippen LogP contribution in [0.2, 0.25) is 0 Å². The molecule has 0 aromatic heterocycles. The Labute approximate surface area is 95.6 Å². The Hall–Kier alpha value is -1.09. The van der Waals surface area contributed by atoms with Gasteiger partial charge in [0.2, 0.25) is 0 Å². The Balaban J connectivity index is 2.14. The van der Waals surface area contributed by atoms with Crippen molar-refractivity contribution < 1.29 is 9.13 Å². The summed E-state index contributed by atoms with van der Waals surface area (Å²) in [5, 5.41) is 0. The maximum atomic E-state index is 13.2. The van der Waals surface area contributed by atoms with Gasteiger partial charge in [-0.2, -0.15) is 0 Å². The van der Waals surface area contributed by atoms with Crippen LogP contribution in [0.1, 0.15) is 24.3 Å². The third kappa shape index (κ3) is 2.53. The number of rotatable bonds is 3. The van der Waals surface area contributed by atoms with Crippen molar-refractivity contribution in [3.8, 4) is 0 Å². The first-order valence-electron chi connectivity index (χ1n) is 5.80. The molecule has 0 amide bonds. The van der Waals surface area contributed by atoms with Gasteiger partial charge in [0.1, 0.15) is 0 Å². The van der Waals surface area contributed by atoms with E-state index in [9.17, 15) is 4.39 Å². The summed E-state index contributed by atoms with van der Waals surface area (Å²) in [4.78, 5) is 0. The molecule has 1 atom stereocenters. The molecule has 2 N–H and O–H groups in total. The van der Waals surface area contributed by atoms with Crippen molar-refractivity contribution in [3.63, 3.8) is 0 Å². The van der Waals surface area contributed by atoms with E-state index in [1.54, 1.807) is 0 Å². The fourth-order valence-electron chi connectivity index (χ4n) is 2.40. The van der Waals surface area contributed by atoms with Crippen molar-refractivity contribution in [3.05, 3.63) is 29.8 Å². The van der Waals surface area contributed by atoms with Crippen LogP contribution < -0.4 is 5.73 Å². The van der Waals surface area contributed by atoms with Gasteiger partial charge in [-0.3, -0.25) is 4.39 Å². The van der Waals surface area contributed by atoms with Crippen molar-refractivity contribution in [1.29, 1.82) is 0 Å². The molecule has 0 aliphatic carbocycles. The zero-order valence-corrected chi connectivity index (χ0v) is 9.36. The second-order valence-electron chi connectivity index (χ2n) is 4.38. The van der Waals surface area contributed by atoms with E-state index in [1.807, 2.05) is 24.3 Å². The molecule has 2 rings (SSSR count).